The van der Waals surface area contributed by atoms with Gasteiger partial charge < -0.3 is 5.73 Å². The summed E-state index contributed by atoms with van der Waals surface area (Å²) in [5, 5.41) is 0. The van der Waals surface area contributed by atoms with Crippen molar-refractivity contribution in [3.63, 3.8) is 0 Å². The van der Waals surface area contributed by atoms with E-state index in [-0.39, 0.29) is 12.1 Å². The third kappa shape index (κ3) is 3.59. The van der Waals surface area contributed by atoms with Crippen LogP contribution in [0.15, 0.2) is 29.2 Å². The van der Waals surface area contributed by atoms with Gasteiger partial charge in [0.05, 0.1) is 4.90 Å². The van der Waals surface area contributed by atoms with Crippen LogP contribution >= 0.6 is 0 Å². The Labute approximate surface area is 121 Å². The molecule has 20 heavy (non-hydrogen) atoms. The molecular formula is C15H24N2O2S. The number of hydrogen-bond acceptors (Lipinski definition) is 3. The highest BCUT2D eigenvalue weighted by molar-refractivity contribution is 7.89. The third-order valence-corrected chi connectivity index (χ3v) is 5.64. The summed E-state index contributed by atoms with van der Waals surface area (Å²) in [6.45, 7) is 4.00. The monoisotopic (exact) mass is 296 g/mol. The molecule has 0 saturated heterocycles. The van der Waals surface area contributed by atoms with Crippen molar-refractivity contribution in [1.29, 1.82) is 0 Å². The Bertz CT molecular complexity index is 537. The highest BCUT2D eigenvalue weighted by Crippen LogP contribution is 2.25. The van der Waals surface area contributed by atoms with Crippen LogP contribution in [0.5, 0.6) is 0 Å². The lowest BCUT2D eigenvalue weighted by molar-refractivity contribution is 0.310. The first-order valence-corrected chi connectivity index (χ1v) is 8.76. The molecule has 2 rings (SSSR count). The maximum absolute atomic E-state index is 12.4. The van der Waals surface area contributed by atoms with E-state index in [2.05, 4.69) is 11.6 Å². The van der Waals surface area contributed by atoms with Gasteiger partial charge in [0.1, 0.15) is 0 Å². The molecule has 1 fully saturated rings. The maximum atomic E-state index is 12.4. The van der Waals surface area contributed by atoms with Crippen molar-refractivity contribution in [2.24, 2.45) is 11.7 Å². The minimum atomic E-state index is -3.43. The Morgan fingerprint density at radius 3 is 2.35 bits per heavy atom. The van der Waals surface area contributed by atoms with Gasteiger partial charge in [-0.05, 0) is 43.4 Å². The standard InChI is InChI=1S/C15H24N2O2S/c1-11-5-3-4-6-15(11)17-20(18,19)14-9-7-13(8-10-14)12(2)16/h7-12,15,17H,3-6,16H2,1-2H3. The third-order valence-electron chi connectivity index (χ3n) is 4.13. The summed E-state index contributed by atoms with van der Waals surface area (Å²) in [4.78, 5) is 0.319. The Balaban J connectivity index is 2.13. The van der Waals surface area contributed by atoms with E-state index in [0.29, 0.717) is 10.8 Å². The number of nitrogens with two attached hydrogens (primary N) is 1. The summed E-state index contributed by atoms with van der Waals surface area (Å²) in [7, 11) is -3.43. The predicted octanol–water partition coefficient (Wildman–Crippen LogP) is 2.56. The molecular weight excluding hydrogens is 272 g/mol. The van der Waals surface area contributed by atoms with Crippen LogP contribution < -0.4 is 10.5 Å². The highest BCUT2D eigenvalue weighted by atomic mass is 32.2. The molecule has 0 spiro atoms. The topological polar surface area (TPSA) is 72.2 Å². The van der Waals surface area contributed by atoms with E-state index in [0.717, 1.165) is 24.8 Å². The number of sulfonamides is 1. The average Bonchev–Trinajstić information content (AvgIpc) is 2.41. The van der Waals surface area contributed by atoms with E-state index in [1.54, 1.807) is 24.3 Å². The summed E-state index contributed by atoms with van der Waals surface area (Å²) in [6, 6.07) is 6.80. The molecule has 112 valence electrons. The number of hydrogen-bond donors (Lipinski definition) is 2. The Kier molecular flexibility index (Phi) is 4.83. The summed E-state index contributed by atoms with van der Waals surface area (Å²) in [5.74, 6) is 0.405. The van der Waals surface area contributed by atoms with Crippen molar-refractivity contribution in [3.8, 4) is 0 Å². The van der Waals surface area contributed by atoms with Crippen LogP contribution in [0.4, 0.5) is 0 Å². The van der Waals surface area contributed by atoms with Crippen molar-refractivity contribution in [1.82, 2.24) is 4.72 Å². The normalized spacial score (nSPS) is 25.4. The lowest BCUT2D eigenvalue weighted by Gasteiger charge is -2.29. The molecule has 0 bridgehead atoms. The van der Waals surface area contributed by atoms with E-state index in [4.69, 9.17) is 5.73 Å². The molecule has 0 amide bonds. The summed E-state index contributed by atoms with van der Waals surface area (Å²) in [6.07, 6.45) is 4.32. The van der Waals surface area contributed by atoms with Gasteiger partial charge in [0, 0.05) is 12.1 Å². The Morgan fingerprint density at radius 2 is 1.80 bits per heavy atom. The van der Waals surface area contributed by atoms with E-state index in [9.17, 15) is 8.42 Å². The van der Waals surface area contributed by atoms with Gasteiger partial charge in [-0.3, -0.25) is 0 Å². The second-order valence-corrected chi connectivity index (χ2v) is 7.56. The molecule has 0 radical (unpaired) electrons. The van der Waals surface area contributed by atoms with Gasteiger partial charge in [0.2, 0.25) is 10.0 Å². The molecule has 0 aromatic heterocycles. The summed E-state index contributed by atoms with van der Waals surface area (Å²) >= 11 is 0. The fourth-order valence-corrected chi connectivity index (χ4v) is 4.09. The molecule has 0 heterocycles. The average molecular weight is 296 g/mol. The van der Waals surface area contributed by atoms with Crippen molar-refractivity contribution in [2.45, 2.75) is 56.5 Å². The lowest BCUT2D eigenvalue weighted by atomic mass is 9.87. The van der Waals surface area contributed by atoms with E-state index < -0.39 is 10.0 Å². The van der Waals surface area contributed by atoms with Crippen molar-refractivity contribution in [3.05, 3.63) is 29.8 Å². The molecule has 1 aromatic carbocycles. The van der Waals surface area contributed by atoms with Crippen molar-refractivity contribution in [2.75, 3.05) is 0 Å². The zero-order chi connectivity index (χ0) is 14.8. The largest absolute Gasteiger partial charge is 0.324 e. The lowest BCUT2D eigenvalue weighted by Crippen LogP contribution is -2.40. The zero-order valence-corrected chi connectivity index (χ0v) is 13.0. The fourth-order valence-electron chi connectivity index (χ4n) is 2.71. The van der Waals surface area contributed by atoms with Crippen LogP contribution in [0.1, 0.15) is 51.1 Å². The van der Waals surface area contributed by atoms with Gasteiger partial charge in [-0.1, -0.05) is 31.9 Å². The second-order valence-electron chi connectivity index (χ2n) is 5.85. The zero-order valence-electron chi connectivity index (χ0n) is 12.2. The Hall–Kier alpha value is -0.910. The minimum Gasteiger partial charge on any atom is -0.324 e. The van der Waals surface area contributed by atoms with Crippen LogP contribution in [-0.2, 0) is 10.0 Å². The predicted molar refractivity (Wildman–Crippen MR) is 80.8 cm³/mol. The van der Waals surface area contributed by atoms with E-state index in [1.165, 1.54) is 6.42 Å². The Morgan fingerprint density at radius 1 is 1.20 bits per heavy atom. The van der Waals surface area contributed by atoms with Gasteiger partial charge in [-0.2, -0.15) is 0 Å². The molecule has 3 N–H and O–H groups in total. The molecule has 1 aliphatic carbocycles. The van der Waals surface area contributed by atoms with Gasteiger partial charge in [-0.25, -0.2) is 13.1 Å². The first-order chi connectivity index (χ1) is 9.40. The highest BCUT2D eigenvalue weighted by Gasteiger charge is 2.26. The first-order valence-electron chi connectivity index (χ1n) is 7.28. The van der Waals surface area contributed by atoms with E-state index >= 15 is 0 Å². The van der Waals surface area contributed by atoms with Crippen LogP contribution in [-0.4, -0.2) is 14.5 Å². The van der Waals surface area contributed by atoms with Crippen LogP contribution in [0.2, 0.25) is 0 Å². The van der Waals surface area contributed by atoms with Gasteiger partial charge in [0.15, 0.2) is 0 Å². The molecule has 3 unspecified atom stereocenters. The van der Waals surface area contributed by atoms with Crippen LogP contribution in [0, 0.1) is 5.92 Å². The second kappa shape index (κ2) is 6.24. The maximum Gasteiger partial charge on any atom is 0.240 e. The van der Waals surface area contributed by atoms with Crippen LogP contribution in [0.3, 0.4) is 0 Å². The number of benzene rings is 1. The molecule has 1 aliphatic rings. The minimum absolute atomic E-state index is 0.0573. The van der Waals surface area contributed by atoms with Crippen molar-refractivity contribution >= 4 is 10.0 Å². The molecule has 4 nitrogen and oxygen atoms in total. The van der Waals surface area contributed by atoms with E-state index in [1.807, 2.05) is 6.92 Å². The van der Waals surface area contributed by atoms with Gasteiger partial charge >= 0.3 is 0 Å². The van der Waals surface area contributed by atoms with Gasteiger partial charge in [-0.15, -0.1) is 0 Å². The smallest absolute Gasteiger partial charge is 0.240 e. The quantitative estimate of drug-likeness (QED) is 0.897. The number of rotatable bonds is 4. The van der Waals surface area contributed by atoms with Crippen molar-refractivity contribution < 1.29 is 8.42 Å². The fraction of sp³-hybridized carbons (Fsp3) is 0.600. The van der Waals surface area contributed by atoms with Crippen LogP contribution in [0.25, 0.3) is 0 Å². The molecule has 1 aromatic rings. The SMILES string of the molecule is CC(N)c1ccc(S(=O)(=O)NC2CCCCC2C)cc1. The molecule has 0 aliphatic heterocycles. The molecule has 5 heteroatoms. The molecule has 1 saturated carbocycles. The first kappa shape index (κ1) is 15.5. The van der Waals surface area contributed by atoms with Gasteiger partial charge in [0.25, 0.3) is 0 Å². The number of nitrogens with one attached hydrogen (secondary N) is 1. The summed E-state index contributed by atoms with van der Waals surface area (Å²) < 4.78 is 27.6. The molecule has 3 atom stereocenters. The summed E-state index contributed by atoms with van der Waals surface area (Å²) in [5.41, 5.74) is 6.72.